The molecule has 0 bridgehead atoms. The summed E-state index contributed by atoms with van der Waals surface area (Å²) in [5, 5.41) is 30.8. The van der Waals surface area contributed by atoms with Gasteiger partial charge in [0.25, 0.3) is 11.8 Å². The van der Waals surface area contributed by atoms with Gasteiger partial charge >= 0.3 is 11.9 Å². The van der Waals surface area contributed by atoms with Crippen LogP contribution in [0.2, 0.25) is 0 Å². The van der Waals surface area contributed by atoms with Gasteiger partial charge in [-0.05, 0) is 88.6 Å². The van der Waals surface area contributed by atoms with Crippen LogP contribution in [0.1, 0.15) is 74.7 Å². The van der Waals surface area contributed by atoms with Crippen LogP contribution in [0.4, 0.5) is 20.2 Å². The second-order valence-corrected chi connectivity index (χ2v) is 19.5. The van der Waals surface area contributed by atoms with E-state index < -0.39 is 55.2 Å². The van der Waals surface area contributed by atoms with Crippen LogP contribution in [0.3, 0.4) is 0 Å². The van der Waals surface area contributed by atoms with Crippen LogP contribution in [0, 0.1) is 23.2 Å². The molecule has 2 unspecified atom stereocenters. The summed E-state index contributed by atoms with van der Waals surface area (Å²) < 4.78 is 27.7. The number of nitrogens with zero attached hydrogens (tertiary/aromatic N) is 5. The number of anilines is 2. The Morgan fingerprint density at radius 1 is 0.948 bits per heavy atom. The number of thiocarbonyl (C=S) groups is 1. The summed E-state index contributed by atoms with van der Waals surface area (Å²) in [6.07, 6.45) is 5.39. The third-order valence-electron chi connectivity index (χ3n) is 13.2. The first-order valence-electron chi connectivity index (χ1n) is 25.5. The maximum Gasteiger partial charge on any atom is 0.369 e. The number of para-hydroxylation sites is 1. The van der Waals surface area contributed by atoms with Crippen molar-refractivity contribution >= 4 is 101 Å². The van der Waals surface area contributed by atoms with Gasteiger partial charge in [-0.3, -0.25) is 29.1 Å². The van der Waals surface area contributed by atoms with Crippen LogP contribution >= 0.6 is 12.2 Å². The minimum Gasteiger partial charge on any atom is -0.386 e. The smallest absolute Gasteiger partial charge is 0.369 e. The van der Waals surface area contributed by atoms with Crippen LogP contribution < -0.4 is 37.2 Å². The molecule has 1 aliphatic carbocycles. The number of fused-ring (bicyclic) bond motifs is 1. The number of carbonyl (C=O) groups excluding carboxylic acids is 7. The number of halogens is 2. The average Bonchev–Trinajstić information content (AvgIpc) is 3.75. The number of nitrogens with one attached hydrogen (secondary N) is 7. The van der Waals surface area contributed by atoms with E-state index in [2.05, 4.69) is 78.1 Å². The minimum absolute atomic E-state index is 0. The molecule has 25 heteroatoms. The number of likely N-dealkylation sites (N-methyl/N-ethyl adjacent to an activating group) is 2. The Morgan fingerprint density at radius 2 is 1.65 bits per heavy atom. The predicted molar refractivity (Wildman–Crippen MR) is 291 cm³/mol. The molecule has 3 aromatic rings. The van der Waals surface area contributed by atoms with Gasteiger partial charge in [-0.2, -0.15) is 5.26 Å². The third-order valence-corrected chi connectivity index (χ3v) is 13.5. The van der Waals surface area contributed by atoms with Gasteiger partial charge < -0.3 is 51.4 Å². The molecule has 2 atom stereocenters. The van der Waals surface area contributed by atoms with Crippen LogP contribution in [-0.2, 0) is 45.1 Å². The van der Waals surface area contributed by atoms with Crippen molar-refractivity contribution in [2.24, 2.45) is 11.8 Å². The zero-order valence-corrected chi connectivity index (χ0v) is 47.8. The molecule has 1 aromatic heterocycles. The molecule has 417 valence electrons. The van der Waals surface area contributed by atoms with E-state index in [0.29, 0.717) is 60.0 Å². The van der Waals surface area contributed by atoms with Gasteiger partial charge in [0.05, 0.1) is 62.6 Å². The number of hydrogen-bond donors (Lipinski definition) is 7. The quantitative estimate of drug-likeness (QED) is 0.0122. The van der Waals surface area contributed by atoms with Gasteiger partial charge in [-0.1, -0.05) is 31.2 Å². The first-order valence-corrected chi connectivity index (χ1v) is 25.9. The van der Waals surface area contributed by atoms with Crippen LogP contribution in [0.5, 0.6) is 0 Å². The van der Waals surface area contributed by atoms with Gasteiger partial charge in [0, 0.05) is 101 Å². The number of aldehydes is 1. The molecule has 1 saturated carbocycles. The summed E-state index contributed by atoms with van der Waals surface area (Å²) in [5.41, 5.74) is 3.73. The molecule has 2 aliphatic rings. The fourth-order valence-electron chi connectivity index (χ4n) is 8.48. The largest absolute Gasteiger partial charge is 0.386 e. The first kappa shape index (κ1) is 65.0. The molecule has 1 saturated heterocycles. The van der Waals surface area contributed by atoms with Crippen molar-refractivity contribution in [3.05, 3.63) is 65.9 Å². The van der Waals surface area contributed by atoms with E-state index in [4.69, 9.17) is 17.5 Å². The van der Waals surface area contributed by atoms with Gasteiger partial charge in [-0.15, -0.1) is 0 Å². The molecule has 2 fully saturated rings. The Bertz CT molecular complexity index is 2500. The zero-order chi connectivity index (χ0) is 55.7. The summed E-state index contributed by atoms with van der Waals surface area (Å²) >= 11 is 5.53. The van der Waals surface area contributed by atoms with Gasteiger partial charge in [0.1, 0.15) is 25.4 Å². The zero-order valence-electron chi connectivity index (χ0n) is 44.6. The molecule has 3 radical (unpaired) electrons. The Hall–Kier alpha value is -6.30. The van der Waals surface area contributed by atoms with Crippen molar-refractivity contribution in [1.29, 1.82) is 5.26 Å². The van der Waals surface area contributed by atoms with E-state index in [1.807, 2.05) is 25.1 Å². The number of benzene rings is 2. The van der Waals surface area contributed by atoms with E-state index in [1.54, 1.807) is 37.2 Å². The fourth-order valence-corrected chi connectivity index (χ4v) is 8.68. The molecule has 4 amide bonds. The summed E-state index contributed by atoms with van der Waals surface area (Å²) in [6.45, 7) is 8.00. The molecule has 2 aromatic carbocycles. The second kappa shape index (κ2) is 33.1. The number of hydrogen-bond acceptors (Lipinski definition) is 15. The third kappa shape index (κ3) is 22.3. The Kier molecular flexibility index (Phi) is 27.9. The number of amides is 4. The van der Waals surface area contributed by atoms with Gasteiger partial charge in [0.15, 0.2) is 5.11 Å². The van der Waals surface area contributed by atoms with Crippen molar-refractivity contribution in [2.75, 3.05) is 104 Å². The molecule has 7 N–H and O–H groups in total. The number of nitriles is 1. The molecular formula is C52H73F2GaN12O9S+. The van der Waals surface area contributed by atoms with E-state index in [0.717, 1.165) is 72.6 Å². The standard InChI is InChI=1S/C34H55N7O7S.C18H17F2N5O2.Ga/c1-5-40(3)24-32(45)48-47-31(44)23-35-19-20-41(4,6-2)25-27-11-15-29(16-12-27)39-34(49)38-22-26-9-13-28(14-10-26)33(46)37-18-17-36-30(43)8-7-21-42;1-22-14-4-2-3-12-13(5-6-23-16(12)14)17(27)24-9-15(26)25-10-18(19,20)7-11(25)8-21;/h11-12,15-16,21,26,28,35H,5-10,13-14,17-20,22-25H2,1-4H3,(H3-,36,37,38,39,43,46,49);2-6,11,22H,7,9-10H2,1H3,(H,24,27);/p+1. The van der Waals surface area contributed by atoms with Crippen LogP contribution in [0.15, 0.2) is 54.7 Å². The number of carbonyl (C=O) groups is 7. The monoisotopic (exact) mass is 1150 g/mol. The molecule has 2 heterocycles. The van der Waals surface area contributed by atoms with Crippen molar-refractivity contribution in [2.45, 2.75) is 77.3 Å². The molecule has 5 rings (SSSR count). The second-order valence-electron chi connectivity index (χ2n) is 19.1. The van der Waals surface area contributed by atoms with E-state index in [1.165, 1.54) is 17.8 Å². The average molecular weight is 1150 g/mol. The van der Waals surface area contributed by atoms with E-state index in [9.17, 15) is 42.3 Å². The number of likely N-dealkylation sites (tertiary alicyclic amines) is 1. The normalized spacial score (nSPS) is 17.1. The molecule has 77 heavy (non-hydrogen) atoms. The minimum atomic E-state index is -3.09. The predicted octanol–water partition coefficient (Wildman–Crippen LogP) is 2.89. The van der Waals surface area contributed by atoms with E-state index in [-0.39, 0.29) is 63.5 Å². The van der Waals surface area contributed by atoms with Gasteiger partial charge in [0.2, 0.25) is 17.7 Å². The first-order chi connectivity index (χ1) is 36.3. The number of aromatic nitrogens is 1. The summed E-state index contributed by atoms with van der Waals surface area (Å²) in [5.74, 6) is -5.34. The van der Waals surface area contributed by atoms with Crippen LogP contribution in [0.25, 0.3) is 10.9 Å². The Balaban J connectivity index is 0.000000467. The van der Waals surface area contributed by atoms with E-state index >= 15 is 0 Å². The summed E-state index contributed by atoms with van der Waals surface area (Å²) in [7, 11) is 5.67. The topological polar surface area (TPSA) is 265 Å². The van der Waals surface area contributed by atoms with Crippen LogP contribution in [-0.4, -0.2) is 191 Å². The molecule has 21 nitrogen and oxygen atoms in total. The summed E-state index contributed by atoms with van der Waals surface area (Å²) in [4.78, 5) is 98.6. The molecule has 0 spiro atoms. The number of alkyl halides is 2. The molecular weight excluding hydrogens is 1080 g/mol. The fraction of sp³-hybridized carbons (Fsp3) is 0.538. The van der Waals surface area contributed by atoms with Crippen molar-refractivity contribution in [3.63, 3.8) is 0 Å². The Morgan fingerprint density at radius 3 is 2.31 bits per heavy atom. The van der Waals surface area contributed by atoms with Crippen molar-refractivity contribution < 1.29 is 56.6 Å². The maximum absolute atomic E-state index is 13.5. The number of quaternary nitrogens is 1. The van der Waals surface area contributed by atoms with Crippen molar-refractivity contribution in [1.82, 2.24) is 41.4 Å². The SMILES string of the molecule is CCN(C)CC(=O)OOC(=O)CNCC[N+](C)(CC)Cc1ccc(NC(=S)NCC2CCC(C(=O)NCCNC(=O)CCC=O)CC2)cc1.CNc1cccc2c(C(=O)NCC(=O)N3CC(F)(F)CC3C#N)ccnc12.[Ga]. The number of pyridine rings is 1. The molecule has 1 aliphatic heterocycles. The maximum atomic E-state index is 13.5. The Labute approximate surface area is 467 Å². The van der Waals surface area contributed by atoms with Gasteiger partial charge in [-0.25, -0.2) is 28.1 Å². The number of rotatable bonds is 25. The van der Waals surface area contributed by atoms with Crippen molar-refractivity contribution in [3.8, 4) is 6.07 Å². The summed E-state index contributed by atoms with van der Waals surface area (Å²) in [6, 6.07) is 15.5.